The molecule has 0 atom stereocenters. The minimum Gasteiger partial charge on any atom is -0.489 e. The lowest BCUT2D eigenvalue weighted by molar-refractivity contribution is 0.151. The van der Waals surface area contributed by atoms with Gasteiger partial charge in [-0.05, 0) is 32.4 Å². The van der Waals surface area contributed by atoms with Crippen LogP contribution < -0.4 is 10.1 Å². The van der Waals surface area contributed by atoms with E-state index in [0.29, 0.717) is 11.3 Å². The van der Waals surface area contributed by atoms with Crippen LogP contribution in [0.15, 0.2) is 36.4 Å². The van der Waals surface area contributed by atoms with Crippen LogP contribution in [0.5, 0.6) is 5.75 Å². The summed E-state index contributed by atoms with van der Waals surface area (Å²) in [6.45, 7) is 5.73. The van der Waals surface area contributed by atoms with Gasteiger partial charge in [-0.1, -0.05) is 35.9 Å². The van der Waals surface area contributed by atoms with E-state index in [1.54, 1.807) is 13.0 Å². The maximum atomic E-state index is 13.3. The van der Waals surface area contributed by atoms with Crippen molar-refractivity contribution < 1.29 is 23.0 Å². The molecule has 0 fully saturated rings. The summed E-state index contributed by atoms with van der Waals surface area (Å²) < 4.78 is 37.1. The zero-order chi connectivity index (χ0) is 18.4. The minimum absolute atomic E-state index is 0.0284. The summed E-state index contributed by atoms with van der Waals surface area (Å²) in [7, 11) is 0. The molecule has 0 saturated carbocycles. The molecule has 0 radical (unpaired) electrons. The Morgan fingerprint density at radius 3 is 2.60 bits per heavy atom. The van der Waals surface area contributed by atoms with E-state index >= 15 is 0 Å². The lowest BCUT2D eigenvalue weighted by Crippen LogP contribution is -2.17. The van der Waals surface area contributed by atoms with E-state index in [0.717, 1.165) is 11.1 Å². The molecule has 4 nitrogen and oxygen atoms in total. The summed E-state index contributed by atoms with van der Waals surface area (Å²) in [5, 5.41) is 2.40. The van der Waals surface area contributed by atoms with Gasteiger partial charge in [-0.25, -0.2) is 13.6 Å². The van der Waals surface area contributed by atoms with Gasteiger partial charge in [-0.15, -0.1) is 0 Å². The van der Waals surface area contributed by atoms with Gasteiger partial charge in [0.2, 0.25) is 0 Å². The Kier molecular flexibility index (Phi) is 6.33. The van der Waals surface area contributed by atoms with Gasteiger partial charge in [0.15, 0.2) is 0 Å². The zero-order valence-corrected chi connectivity index (χ0v) is 14.4. The second-order valence-corrected chi connectivity index (χ2v) is 5.59. The molecule has 0 aliphatic carbocycles. The average Bonchev–Trinajstić information content (AvgIpc) is 2.55. The first-order valence-electron chi connectivity index (χ1n) is 7.96. The van der Waals surface area contributed by atoms with Crippen LogP contribution in [0.25, 0.3) is 0 Å². The van der Waals surface area contributed by atoms with E-state index in [1.165, 1.54) is 12.1 Å². The lowest BCUT2D eigenvalue weighted by atomic mass is 10.1. The monoisotopic (exact) mass is 349 g/mol. The van der Waals surface area contributed by atoms with Gasteiger partial charge in [0.05, 0.1) is 12.3 Å². The fraction of sp³-hybridized carbons (Fsp3) is 0.316. The van der Waals surface area contributed by atoms with Crippen LogP contribution in [-0.4, -0.2) is 12.7 Å². The van der Waals surface area contributed by atoms with Crippen molar-refractivity contribution in [3.63, 3.8) is 0 Å². The Hall–Kier alpha value is -2.63. The summed E-state index contributed by atoms with van der Waals surface area (Å²) in [6, 6.07) is 10.1. The van der Waals surface area contributed by atoms with Crippen molar-refractivity contribution in [2.45, 2.75) is 33.8 Å². The van der Waals surface area contributed by atoms with Crippen LogP contribution in [-0.2, 0) is 11.3 Å². The minimum atomic E-state index is -2.72. The Morgan fingerprint density at radius 1 is 1.20 bits per heavy atom. The van der Waals surface area contributed by atoms with Crippen molar-refractivity contribution in [3.05, 3.63) is 58.7 Å². The molecule has 0 unspecified atom stereocenters. The molecule has 25 heavy (non-hydrogen) atoms. The number of para-hydroxylation sites is 1. The fourth-order valence-electron chi connectivity index (χ4n) is 2.46. The summed E-state index contributed by atoms with van der Waals surface area (Å²) >= 11 is 0. The van der Waals surface area contributed by atoms with Gasteiger partial charge in [-0.3, -0.25) is 5.32 Å². The summed E-state index contributed by atoms with van der Waals surface area (Å²) in [5.41, 5.74) is 2.26. The smallest absolute Gasteiger partial charge is 0.411 e. The lowest BCUT2D eigenvalue weighted by Gasteiger charge is -2.16. The van der Waals surface area contributed by atoms with E-state index in [4.69, 9.17) is 9.47 Å². The molecule has 1 N–H and O–H groups in total. The molecular weight excluding hydrogens is 328 g/mol. The number of aryl methyl sites for hydroxylation is 2. The second kappa shape index (κ2) is 8.46. The molecule has 134 valence electrons. The first-order valence-corrected chi connectivity index (χ1v) is 7.96. The molecule has 0 aliphatic rings. The molecule has 0 aromatic heterocycles. The van der Waals surface area contributed by atoms with Crippen molar-refractivity contribution >= 4 is 11.8 Å². The largest absolute Gasteiger partial charge is 0.489 e. The summed E-state index contributed by atoms with van der Waals surface area (Å²) in [6.07, 6.45) is -3.50. The maximum Gasteiger partial charge on any atom is 0.411 e. The molecule has 0 bridgehead atoms. The molecule has 2 rings (SSSR count). The Morgan fingerprint density at radius 2 is 1.96 bits per heavy atom. The van der Waals surface area contributed by atoms with Crippen LogP contribution in [0.1, 0.15) is 35.6 Å². The number of hydrogen-bond acceptors (Lipinski definition) is 3. The number of ether oxygens (including phenoxy) is 2. The molecule has 2 aromatic rings. The van der Waals surface area contributed by atoms with Crippen molar-refractivity contribution in [3.8, 4) is 5.75 Å². The van der Waals surface area contributed by atoms with Gasteiger partial charge in [0.25, 0.3) is 6.43 Å². The second-order valence-electron chi connectivity index (χ2n) is 5.59. The molecule has 2 aromatic carbocycles. The fourth-order valence-corrected chi connectivity index (χ4v) is 2.46. The highest BCUT2D eigenvalue weighted by Crippen LogP contribution is 2.31. The van der Waals surface area contributed by atoms with Crippen LogP contribution in [0.3, 0.4) is 0 Å². The van der Waals surface area contributed by atoms with Gasteiger partial charge >= 0.3 is 6.09 Å². The Balaban J connectivity index is 2.26. The first kappa shape index (κ1) is 18.7. The van der Waals surface area contributed by atoms with Crippen molar-refractivity contribution in [1.29, 1.82) is 0 Å². The van der Waals surface area contributed by atoms with Crippen molar-refractivity contribution in [1.82, 2.24) is 0 Å². The molecule has 1 amide bonds. The highest BCUT2D eigenvalue weighted by atomic mass is 19.3. The molecular formula is C19H21F2NO3. The highest BCUT2D eigenvalue weighted by Gasteiger charge is 2.19. The van der Waals surface area contributed by atoms with Crippen LogP contribution in [0, 0.1) is 13.8 Å². The van der Waals surface area contributed by atoms with E-state index in [2.05, 4.69) is 5.32 Å². The number of carbonyl (C=O) groups excluding carboxylic acids is 1. The predicted octanol–water partition coefficient (Wildman–Crippen LogP) is 5.39. The third kappa shape index (κ3) is 4.92. The van der Waals surface area contributed by atoms with Gasteiger partial charge in [0.1, 0.15) is 12.4 Å². The molecule has 0 spiro atoms. The standard InChI is InChI=1S/C19H21F2NO3/c1-4-24-19(23)22-17-14(6-5-7-15(17)18(20)21)11-25-16-9-8-12(2)10-13(16)3/h5-10,18H,4,11H2,1-3H3,(H,22,23). The Bertz CT molecular complexity index is 747. The number of amides is 1. The van der Waals surface area contributed by atoms with Crippen LogP contribution in [0.2, 0.25) is 0 Å². The normalized spacial score (nSPS) is 10.6. The van der Waals surface area contributed by atoms with E-state index in [-0.39, 0.29) is 24.5 Å². The van der Waals surface area contributed by atoms with Gasteiger partial charge in [0, 0.05) is 11.1 Å². The number of anilines is 1. The zero-order valence-electron chi connectivity index (χ0n) is 14.4. The first-order chi connectivity index (χ1) is 11.9. The number of rotatable bonds is 6. The number of benzene rings is 2. The molecule has 0 heterocycles. The quantitative estimate of drug-likeness (QED) is 0.761. The van der Waals surface area contributed by atoms with Gasteiger partial charge in [-0.2, -0.15) is 0 Å². The number of nitrogens with one attached hydrogen (secondary N) is 1. The van der Waals surface area contributed by atoms with E-state index < -0.39 is 12.5 Å². The number of halogens is 2. The summed E-state index contributed by atoms with van der Waals surface area (Å²) in [4.78, 5) is 11.7. The predicted molar refractivity (Wildman–Crippen MR) is 92.3 cm³/mol. The summed E-state index contributed by atoms with van der Waals surface area (Å²) in [5.74, 6) is 0.662. The number of carbonyl (C=O) groups is 1. The SMILES string of the molecule is CCOC(=O)Nc1c(COc2ccc(C)cc2C)cccc1C(F)F. The van der Waals surface area contributed by atoms with Gasteiger partial charge < -0.3 is 9.47 Å². The number of alkyl halides is 2. The van der Waals surface area contributed by atoms with E-state index in [9.17, 15) is 13.6 Å². The van der Waals surface area contributed by atoms with Crippen LogP contribution >= 0.6 is 0 Å². The topological polar surface area (TPSA) is 47.6 Å². The Labute approximate surface area is 145 Å². The van der Waals surface area contributed by atoms with Crippen molar-refractivity contribution in [2.75, 3.05) is 11.9 Å². The molecule has 0 aliphatic heterocycles. The molecule has 6 heteroatoms. The number of hydrogen-bond donors (Lipinski definition) is 1. The average molecular weight is 349 g/mol. The van der Waals surface area contributed by atoms with Crippen molar-refractivity contribution in [2.24, 2.45) is 0 Å². The molecule has 0 saturated heterocycles. The van der Waals surface area contributed by atoms with Crippen LogP contribution in [0.4, 0.5) is 19.3 Å². The van der Waals surface area contributed by atoms with E-state index in [1.807, 2.05) is 32.0 Å². The third-order valence-corrected chi connectivity index (χ3v) is 3.63. The highest BCUT2D eigenvalue weighted by molar-refractivity contribution is 5.87. The maximum absolute atomic E-state index is 13.3. The third-order valence-electron chi connectivity index (χ3n) is 3.63.